The highest BCUT2D eigenvalue weighted by Gasteiger charge is 2.07. The zero-order valence-corrected chi connectivity index (χ0v) is 12.2. The van der Waals surface area contributed by atoms with Gasteiger partial charge in [-0.15, -0.1) is 0 Å². The lowest BCUT2D eigenvalue weighted by Gasteiger charge is -2.04. The van der Waals surface area contributed by atoms with Crippen LogP contribution in [0, 0.1) is 0 Å². The molecule has 0 atom stereocenters. The third kappa shape index (κ3) is 3.62. The maximum Gasteiger partial charge on any atom is 0.339 e. The zero-order chi connectivity index (χ0) is 14.4. The van der Waals surface area contributed by atoms with Crippen LogP contribution in [0.4, 0.5) is 5.69 Å². The number of aryl methyl sites for hydroxylation is 1. The molecule has 0 fully saturated rings. The average molecular weight is 273 g/mol. The van der Waals surface area contributed by atoms with E-state index in [4.69, 9.17) is 10.2 Å². The van der Waals surface area contributed by atoms with Gasteiger partial charge in [-0.05, 0) is 31.0 Å². The lowest BCUT2D eigenvalue weighted by atomic mass is 10.0. The molecule has 0 aliphatic rings. The van der Waals surface area contributed by atoms with Crippen molar-refractivity contribution in [1.29, 1.82) is 0 Å². The van der Waals surface area contributed by atoms with Crippen molar-refractivity contribution in [3.8, 4) is 0 Å². The molecular formula is C17H23NO2. The molecule has 1 aromatic heterocycles. The van der Waals surface area contributed by atoms with E-state index < -0.39 is 0 Å². The van der Waals surface area contributed by atoms with Gasteiger partial charge in [-0.3, -0.25) is 0 Å². The fourth-order valence-electron chi connectivity index (χ4n) is 2.47. The molecule has 0 saturated heterocycles. The Bertz CT molecular complexity index is 616. The summed E-state index contributed by atoms with van der Waals surface area (Å²) in [7, 11) is 0. The maximum absolute atomic E-state index is 11.9. The van der Waals surface area contributed by atoms with Gasteiger partial charge in [-0.25, -0.2) is 4.79 Å². The summed E-state index contributed by atoms with van der Waals surface area (Å²) >= 11 is 0. The van der Waals surface area contributed by atoms with Gasteiger partial charge in [0.1, 0.15) is 5.58 Å². The molecule has 2 aromatic rings. The maximum atomic E-state index is 11.9. The topological polar surface area (TPSA) is 56.2 Å². The Morgan fingerprint density at radius 3 is 2.65 bits per heavy atom. The van der Waals surface area contributed by atoms with E-state index in [1.54, 1.807) is 12.1 Å². The first-order chi connectivity index (χ1) is 9.72. The van der Waals surface area contributed by atoms with Gasteiger partial charge >= 0.3 is 5.63 Å². The van der Waals surface area contributed by atoms with Crippen LogP contribution in [0.5, 0.6) is 0 Å². The molecule has 0 aliphatic carbocycles. The number of unbranched alkanes of at least 4 members (excludes halogenated alkanes) is 5. The molecule has 2 N–H and O–H groups in total. The fourth-order valence-corrected chi connectivity index (χ4v) is 2.47. The van der Waals surface area contributed by atoms with Crippen LogP contribution in [0.15, 0.2) is 33.5 Å². The average Bonchev–Trinajstić information content (AvgIpc) is 2.44. The number of nitrogens with two attached hydrogens (primary N) is 1. The van der Waals surface area contributed by atoms with E-state index in [1.165, 1.54) is 32.1 Å². The highest BCUT2D eigenvalue weighted by atomic mass is 16.4. The Labute approximate surface area is 119 Å². The van der Waals surface area contributed by atoms with Gasteiger partial charge in [0.2, 0.25) is 0 Å². The summed E-state index contributed by atoms with van der Waals surface area (Å²) < 4.78 is 5.33. The highest BCUT2D eigenvalue weighted by Crippen LogP contribution is 2.20. The predicted molar refractivity (Wildman–Crippen MR) is 84.0 cm³/mol. The normalized spacial score (nSPS) is 11.1. The number of hydrogen-bond acceptors (Lipinski definition) is 3. The Balaban J connectivity index is 2.01. The number of hydrogen-bond donors (Lipinski definition) is 1. The molecule has 108 valence electrons. The van der Waals surface area contributed by atoms with E-state index in [0.29, 0.717) is 11.3 Å². The molecule has 20 heavy (non-hydrogen) atoms. The van der Waals surface area contributed by atoms with E-state index in [-0.39, 0.29) is 5.63 Å². The molecule has 3 heteroatoms. The van der Waals surface area contributed by atoms with Gasteiger partial charge in [-0.1, -0.05) is 45.1 Å². The first kappa shape index (κ1) is 14.6. The van der Waals surface area contributed by atoms with Gasteiger partial charge < -0.3 is 10.2 Å². The number of benzene rings is 1. The number of fused-ring (bicyclic) bond motifs is 1. The van der Waals surface area contributed by atoms with Crippen molar-refractivity contribution in [3.63, 3.8) is 0 Å². The summed E-state index contributed by atoms with van der Waals surface area (Å²) in [5.74, 6) is 0. The second-order valence-corrected chi connectivity index (χ2v) is 5.34. The van der Waals surface area contributed by atoms with Gasteiger partial charge in [0.25, 0.3) is 0 Å². The van der Waals surface area contributed by atoms with Crippen molar-refractivity contribution in [2.45, 2.75) is 51.9 Å². The SMILES string of the molecule is CCCCCCCCc1cc2c(N)cccc2oc1=O. The van der Waals surface area contributed by atoms with E-state index in [0.717, 1.165) is 23.8 Å². The van der Waals surface area contributed by atoms with Crippen LogP contribution >= 0.6 is 0 Å². The van der Waals surface area contributed by atoms with Gasteiger partial charge in [0, 0.05) is 16.6 Å². The van der Waals surface area contributed by atoms with Crippen LogP contribution in [0.25, 0.3) is 11.0 Å². The molecule has 1 aromatic carbocycles. The lowest BCUT2D eigenvalue weighted by Crippen LogP contribution is -2.07. The third-order valence-electron chi connectivity index (χ3n) is 3.68. The van der Waals surface area contributed by atoms with Crippen LogP contribution in [-0.2, 0) is 6.42 Å². The van der Waals surface area contributed by atoms with E-state index >= 15 is 0 Å². The summed E-state index contributed by atoms with van der Waals surface area (Å²) in [5, 5.41) is 0.841. The standard InChI is InChI=1S/C17H23NO2/c1-2-3-4-5-6-7-9-13-12-14-15(18)10-8-11-16(14)20-17(13)19/h8,10-12H,2-7,9,18H2,1H3. The smallest absolute Gasteiger partial charge is 0.339 e. The van der Waals surface area contributed by atoms with Crippen molar-refractivity contribution in [1.82, 2.24) is 0 Å². The summed E-state index contributed by atoms with van der Waals surface area (Å²) in [4.78, 5) is 11.9. The van der Waals surface area contributed by atoms with Crippen molar-refractivity contribution in [3.05, 3.63) is 40.2 Å². The van der Waals surface area contributed by atoms with E-state index in [1.807, 2.05) is 12.1 Å². The molecule has 3 nitrogen and oxygen atoms in total. The number of anilines is 1. The minimum absolute atomic E-state index is 0.225. The minimum atomic E-state index is -0.225. The zero-order valence-electron chi connectivity index (χ0n) is 12.2. The van der Waals surface area contributed by atoms with Gasteiger partial charge in [0.05, 0.1) is 0 Å². The Hall–Kier alpha value is -1.77. The summed E-state index contributed by atoms with van der Waals surface area (Å²) in [5.41, 5.74) is 7.67. The Morgan fingerprint density at radius 2 is 1.85 bits per heavy atom. The first-order valence-electron chi connectivity index (χ1n) is 7.53. The summed E-state index contributed by atoms with van der Waals surface area (Å²) in [6.45, 7) is 2.21. The second-order valence-electron chi connectivity index (χ2n) is 5.34. The fraction of sp³-hybridized carbons (Fsp3) is 0.471. The Morgan fingerprint density at radius 1 is 1.10 bits per heavy atom. The Kier molecular flexibility index (Phi) is 5.22. The van der Waals surface area contributed by atoms with Crippen LogP contribution < -0.4 is 11.4 Å². The van der Waals surface area contributed by atoms with E-state index in [2.05, 4.69) is 6.92 Å². The molecule has 0 spiro atoms. The largest absolute Gasteiger partial charge is 0.422 e. The van der Waals surface area contributed by atoms with Crippen LogP contribution in [0.2, 0.25) is 0 Å². The first-order valence-corrected chi connectivity index (χ1v) is 7.53. The summed E-state index contributed by atoms with van der Waals surface area (Å²) in [6, 6.07) is 7.30. The molecule has 1 heterocycles. The van der Waals surface area contributed by atoms with Gasteiger partial charge in [0.15, 0.2) is 0 Å². The van der Waals surface area contributed by atoms with Crippen LogP contribution in [0.1, 0.15) is 51.0 Å². The van der Waals surface area contributed by atoms with E-state index in [9.17, 15) is 4.79 Å². The molecule has 2 rings (SSSR count). The molecule has 0 amide bonds. The second kappa shape index (κ2) is 7.13. The minimum Gasteiger partial charge on any atom is -0.422 e. The summed E-state index contributed by atoms with van der Waals surface area (Å²) in [6.07, 6.45) is 8.07. The monoisotopic (exact) mass is 273 g/mol. The predicted octanol–water partition coefficient (Wildman–Crippen LogP) is 4.28. The van der Waals surface area contributed by atoms with Crippen molar-refractivity contribution >= 4 is 16.7 Å². The number of rotatable bonds is 7. The van der Waals surface area contributed by atoms with Crippen LogP contribution in [0.3, 0.4) is 0 Å². The highest BCUT2D eigenvalue weighted by molar-refractivity contribution is 5.88. The molecule has 0 radical (unpaired) electrons. The lowest BCUT2D eigenvalue weighted by molar-refractivity contribution is 0.542. The molecule has 0 unspecified atom stereocenters. The molecule has 0 aliphatic heterocycles. The van der Waals surface area contributed by atoms with Crippen molar-refractivity contribution < 1.29 is 4.42 Å². The molecule has 0 saturated carbocycles. The van der Waals surface area contributed by atoms with Crippen molar-refractivity contribution in [2.24, 2.45) is 0 Å². The quantitative estimate of drug-likeness (QED) is 0.465. The molecule has 0 bridgehead atoms. The number of nitrogen functional groups attached to an aromatic ring is 1. The molecular weight excluding hydrogens is 250 g/mol. The van der Waals surface area contributed by atoms with Gasteiger partial charge in [-0.2, -0.15) is 0 Å². The third-order valence-corrected chi connectivity index (χ3v) is 3.68. The van der Waals surface area contributed by atoms with Crippen molar-refractivity contribution in [2.75, 3.05) is 5.73 Å². The van der Waals surface area contributed by atoms with Crippen LogP contribution in [-0.4, -0.2) is 0 Å².